The van der Waals surface area contributed by atoms with Crippen LogP contribution in [0.1, 0.15) is 17.2 Å². The van der Waals surface area contributed by atoms with Gasteiger partial charge in [0, 0.05) is 13.1 Å². The van der Waals surface area contributed by atoms with E-state index in [2.05, 4.69) is 53.4 Å². The lowest BCUT2D eigenvalue weighted by Crippen LogP contribution is -2.52. The lowest BCUT2D eigenvalue weighted by molar-refractivity contribution is -0.0160. The average Bonchev–Trinajstić information content (AvgIpc) is 2.40. The molecule has 0 radical (unpaired) electrons. The third-order valence-electron chi connectivity index (χ3n) is 3.49. The Morgan fingerprint density at radius 2 is 1.26 bits per heavy atom. The van der Waals surface area contributed by atoms with Crippen molar-refractivity contribution in [2.45, 2.75) is 12.1 Å². The minimum absolute atomic E-state index is 0. The molecule has 1 aliphatic rings. The van der Waals surface area contributed by atoms with Crippen LogP contribution in [-0.2, 0) is 0 Å². The zero-order chi connectivity index (χ0) is 12.4. The molecule has 1 N–H and O–H groups in total. The molecule has 1 fully saturated rings. The number of aliphatic hydroxyl groups is 1. The Morgan fingerprint density at radius 1 is 0.842 bits per heavy atom. The van der Waals surface area contributed by atoms with Gasteiger partial charge in [-0.1, -0.05) is 60.7 Å². The summed E-state index contributed by atoms with van der Waals surface area (Å²) in [5, 5.41) is 9.52. The summed E-state index contributed by atoms with van der Waals surface area (Å²) in [4.78, 5) is 2.31. The maximum Gasteiger partial charge on any atom is 0.0794 e. The Labute approximate surface area is 120 Å². The topological polar surface area (TPSA) is 23.5 Å². The van der Waals surface area contributed by atoms with Crippen LogP contribution in [0.2, 0.25) is 0 Å². The van der Waals surface area contributed by atoms with E-state index in [4.69, 9.17) is 0 Å². The minimum Gasteiger partial charge on any atom is -0.390 e. The van der Waals surface area contributed by atoms with Gasteiger partial charge >= 0.3 is 0 Å². The Morgan fingerprint density at radius 3 is 1.63 bits per heavy atom. The fraction of sp³-hybridized carbons (Fsp3) is 0.250. The minimum atomic E-state index is -0.167. The van der Waals surface area contributed by atoms with Gasteiger partial charge in [-0.3, -0.25) is 4.90 Å². The Balaban J connectivity index is 0.00000133. The number of hydrogen-bond acceptors (Lipinski definition) is 2. The zero-order valence-corrected chi connectivity index (χ0v) is 11.5. The Hall–Kier alpha value is -1.35. The third kappa shape index (κ3) is 2.98. The first-order valence-corrected chi connectivity index (χ1v) is 6.36. The summed E-state index contributed by atoms with van der Waals surface area (Å²) in [6.07, 6.45) is -0.167. The van der Waals surface area contributed by atoms with Gasteiger partial charge in [-0.15, -0.1) is 12.4 Å². The van der Waals surface area contributed by atoms with Crippen LogP contribution < -0.4 is 0 Å². The smallest absolute Gasteiger partial charge is 0.0794 e. The van der Waals surface area contributed by atoms with E-state index in [1.54, 1.807) is 0 Å². The molecule has 0 unspecified atom stereocenters. The molecule has 0 amide bonds. The Bertz CT molecular complexity index is 457. The second-order valence-corrected chi connectivity index (χ2v) is 4.83. The normalized spacial score (nSPS) is 15.9. The van der Waals surface area contributed by atoms with E-state index in [0.29, 0.717) is 0 Å². The fourth-order valence-corrected chi connectivity index (χ4v) is 2.58. The number of aliphatic hydroxyl groups excluding tert-OH is 1. The molecule has 1 aliphatic heterocycles. The van der Waals surface area contributed by atoms with Crippen molar-refractivity contribution in [3.05, 3.63) is 71.8 Å². The van der Waals surface area contributed by atoms with Gasteiger partial charge in [0.25, 0.3) is 0 Å². The van der Waals surface area contributed by atoms with Gasteiger partial charge < -0.3 is 5.11 Å². The third-order valence-corrected chi connectivity index (χ3v) is 3.49. The summed E-state index contributed by atoms with van der Waals surface area (Å²) in [6.45, 7) is 1.52. The molecule has 0 saturated carbocycles. The van der Waals surface area contributed by atoms with E-state index in [-0.39, 0.29) is 24.6 Å². The summed E-state index contributed by atoms with van der Waals surface area (Å²) in [5.41, 5.74) is 2.58. The predicted octanol–water partition coefficient (Wildman–Crippen LogP) is 2.87. The maximum absolute atomic E-state index is 9.52. The summed E-state index contributed by atoms with van der Waals surface area (Å²) < 4.78 is 0. The van der Waals surface area contributed by atoms with Gasteiger partial charge in [0.1, 0.15) is 0 Å². The van der Waals surface area contributed by atoms with Crippen molar-refractivity contribution >= 4 is 12.4 Å². The first-order valence-electron chi connectivity index (χ1n) is 6.36. The number of benzene rings is 2. The number of rotatable bonds is 3. The van der Waals surface area contributed by atoms with Crippen LogP contribution in [0.5, 0.6) is 0 Å². The summed E-state index contributed by atoms with van der Waals surface area (Å²) >= 11 is 0. The van der Waals surface area contributed by atoms with Gasteiger partial charge in [-0.05, 0) is 11.1 Å². The number of hydrogen-bond donors (Lipinski definition) is 1. The van der Waals surface area contributed by atoms with Crippen LogP contribution >= 0.6 is 12.4 Å². The van der Waals surface area contributed by atoms with Crippen LogP contribution in [0.4, 0.5) is 0 Å². The number of halogens is 1. The highest BCUT2D eigenvalue weighted by atomic mass is 35.5. The predicted molar refractivity (Wildman–Crippen MR) is 79.6 cm³/mol. The van der Waals surface area contributed by atoms with Crippen molar-refractivity contribution in [2.24, 2.45) is 0 Å². The summed E-state index contributed by atoms with van der Waals surface area (Å²) in [7, 11) is 0. The number of likely N-dealkylation sites (tertiary alicyclic amines) is 1. The van der Waals surface area contributed by atoms with Crippen molar-refractivity contribution < 1.29 is 5.11 Å². The maximum atomic E-state index is 9.52. The molecule has 2 aromatic rings. The van der Waals surface area contributed by atoms with Crippen molar-refractivity contribution in [2.75, 3.05) is 13.1 Å². The van der Waals surface area contributed by atoms with Crippen molar-refractivity contribution in [1.29, 1.82) is 0 Å². The van der Waals surface area contributed by atoms with Gasteiger partial charge in [0.05, 0.1) is 12.1 Å². The van der Waals surface area contributed by atoms with E-state index in [1.807, 2.05) is 12.1 Å². The molecule has 0 aromatic heterocycles. The van der Waals surface area contributed by atoms with Crippen LogP contribution in [-0.4, -0.2) is 29.2 Å². The van der Waals surface area contributed by atoms with Crippen molar-refractivity contribution in [3.8, 4) is 0 Å². The lowest BCUT2D eigenvalue weighted by Gasteiger charge is -2.42. The molecule has 100 valence electrons. The SMILES string of the molecule is Cl.OC1CN(C(c2ccccc2)c2ccccc2)C1. The zero-order valence-electron chi connectivity index (χ0n) is 10.6. The second-order valence-electron chi connectivity index (χ2n) is 4.83. The number of β-amino-alcohol motifs (C(OH)–C–C–N with tert-alkyl or cyclic N) is 1. The van der Waals surface area contributed by atoms with E-state index in [9.17, 15) is 5.11 Å². The van der Waals surface area contributed by atoms with Gasteiger partial charge in [-0.25, -0.2) is 0 Å². The molecule has 2 nitrogen and oxygen atoms in total. The van der Waals surface area contributed by atoms with Crippen LogP contribution in [0.25, 0.3) is 0 Å². The first kappa shape index (κ1) is 14.1. The van der Waals surface area contributed by atoms with Gasteiger partial charge in [-0.2, -0.15) is 0 Å². The summed E-state index contributed by atoms with van der Waals surface area (Å²) in [6, 6.07) is 21.2. The second kappa shape index (κ2) is 6.20. The average molecular weight is 276 g/mol. The molecule has 1 saturated heterocycles. The standard InChI is InChI=1S/C16H17NO.ClH/c18-15-11-17(12-15)16(13-7-3-1-4-8-13)14-9-5-2-6-10-14;/h1-10,15-16,18H,11-12H2;1H. The van der Waals surface area contributed by atoms with Crippen LogP contribution in [0.3, 0.4) is 0 Å². The molecule has 0 aliphatic carbocycles. The molecular weight excluding hydrogens is 258 g/mol. The van der Waals surface area contributed by atoms with E-state index in [0.717, 1.165) is 13.1 Å². The van der Waals surface area contributed by atoms with Crippen molar-refractivity contribution in [1.82, 2.24) is 4.90 Å². The van der Waals surface area contributed by atoms with E-state index >= 15 is 0 Å². The largest absolute Gasteiger partial charge is 0.390 e. The van der Waals surface area contributed by atoms with E-state index in [1.165, 1.54) is 11.1 Å². The molecule has 2 aromatic carbocycles. The molecule has 3 heteroatoms. The van der Waals surface area contributed by atoms with Crippen molar-refractivity contribution in [3.63, 3.8) is 0 Å². The van der Waals surface area contributed by atoms with Gasteiger partial charge in [0.2, 0.25) is 0 Å². The lowest BCUT2D eigenvalue weighted by atomic mass is 9.94. The molecule has 0 bridgehead atoms. The first-order chi connectivity index (χ1) is 8.84. The van der Waals surface area contributed by atoms with E-state index < -0.39 is 0 Å². The highest BCUT2D eigenvalue weighted by molar-refractivity contribution is 5.85. The monoisotopic (exact) mass is 275 g/mol. The summed E-state index contributed by atoms with van der Waals surface area (Å²) in [5.74, 6) is 0. The Kier molecular flexibility index (Phi) is 4.59. The fourth-order valence-electron chi connectivity index (χ4n) is 2.58. The quantitative estimate of drug-likeness (QED) is 0.931. The highest BCUT2D eigenvalue weighted by Crippen LogP contribution is 2.31. The number of nitrogens with zero attached hydrogens (tertiary/aromatic N) is 1. The molecule has 3 rings (SSSR count). The molecule has 19 heavy (non-hydrogen) atoms. The highest BCUT2D eigenvalue weighted by Gasteiger charge is 2.32. The van der Waals surface area contributed by atoms with Gasteiger partial charge in [0.15, 0.2) is 0 Å². The molecular formula is C16H18ClNO. The van der Waals surface area contributed by atoms with Crippen LogP contribution in [0.15, 0.2) is 60.7 Å². The van der Waals surface area contributed by atoms with Crippen LogP contribution in [0, 0.1) is 0 Å². The molecule has 0 spiro atoms. The molecule has 1 heterocycles. The molecule has 0 atom stereocenters.